The molecule has 1 aromatic heterocycles. The van der Waals surface area contributed by atoms with Crippen molar-refractivity contribution in [2.75, 3.05) is 44.2 Å². The minimum Gasteiger partial charge on any atom is -0.357 e. The summed E-state index contributed by atoms with van der Waals surface area (Å²) in [6, 6.07) is 15.3. The Balaban J connectivity index is 0.00000363. The lowest BCUT2D eigenvalue weighted by molar-refractivity contribution is 0.270. The van der Waals surface area contributed by atoms with Gasteiger partial charge in [0.2, 0.25) is 0 Å². The maximum atomic E-state index is 4.83. The van der Waals surface area contributed by atoms with Gasteiger partial charge in [-0.3, -0.25) is 0 Å². The molecule has 0 bridgehead atoms. The van der Waals surface area contributed by atoms with E-state index in [1.807, 2.05) is 6.20 Å². The van der Waals surface area contributed by atoms with Crippen molar-refractivity contribution in [2.24, 2.45) is 4.99 Å². The van der Waals surface area contributed by atoms with Crippen LogP contribution in [0.3, 0.4) is 0 Å². The van der Waals surface area contributed by atoms with Crippen LogP contribution in [-0.4, -0.2) is 61.2 Å². The van der Waals surface area contributed by atoms with Crippen LogP contribution < -0.4 is 15.5 Å². The summed E-state index contributed by atoms with van der Waals surface area (Å²) >= 11 is 0. The minimum atomic E-state index is 0. The number of halogens is 1. The second-order valence-electron chi connectivity index (χ2n) is 8.21. The Labute approximate surface area is 210 Å². The molecular formula is C25H39IN6. The molecule has 0 radical (unpaired) electrons. The number of pyridine rings is 1. The molecule has 176 valence electrons. The normalized spacial score (nSPS) is 15.7. The molecule has 1 aliphatic heterocycles. The van der Waals surface area contributed by atoms with Gasteiger partial charge in [0.25, 0.3) is 0 Å². The monoisotopic (exact) mass is 550 g/mol. The highest BCUT2D eigenvalue weighted by Gasteiger charge is 2.16. The zero-order chi connectivity index (χ0) is 21.9. The van der Waals surface area contributed by atoms with Crippen LogP contribution in [0.15, 0.2) is 53.7 Å². The highest BCUT2D eigenvalue weighted by Crippen LogP contribution is 2.16. The first-order valence-corrected chi connectivity index (χ1v) is 11.7. The van der Waals surface area contributed by atoms with Crippen molar-refractivity contribution in [3.05, 3.63) is 59.8 Å². The van der Waals surface area contributed by atoms with E-state index in [9.17, 15) is 0 Å². The zero-order valence-electron chi connectivity index (χ0n) is 19.8. The zero-order valence-corrected chi connectivity index (χ0v) is 22.1. The highest BCUT2D eigenvalue weighted by molar-refractivity contribution is 14.0. The van der Waals surface area contributed by atoms with Crippen molar-refractivity contribution in [3.8, 4) is 0 Å². The number of nitrogens with zero attached hydrogens (tertiary/aromatic N) is 4. The molecule has 0 spiro atoms. The Morgan fingerprint density at radius 1 is 1.06 bits per heavy atom. The van der Waals surface area contributed by atoms with Gasteiger partial charge in [-0.1, -0.05) is 37.3 Å². The predicted molar refractivity (Wildman–Crippen MR) is 146 cm³/mol. The van der Waals surface area contributed by atoms with Crippen LogP contribution in [0.1, 0.15) is 38.3 Å². The third kappa shape index (κ3) is 8.58. The van der Waals surface area contributed by atoms with Crippen LogP contribution in [-0.2, 0) is 13.0 Å². The lowest BCUT2D eigenvalue weighted by Crippen LogP contribution is -2.46. The molecule has 3 rings (SSSR count). The van der Waals surface area contributed by atoms with E-state index in [2.05, 4.69) is 88.7 Å². The molecular weight excluding hydrogens is 511 g/mol. The summed E-state index contributed by atoms with van der Waals surface area (Å²) in [5.74, 6) is 1.94. The molecule has 2 N–H and O–H groups in total. The van der Waals surface area contributed by atoms with Crippen LogP contribution in [0.25, 0.3) is 0 Å². The molecule has 6 nitrogen and oxygen atoms in total. The van der Waals surface area contributed by atoms with Gasteiger partial charge >= 0.3 is 0 Å². The first-order chi connectivity index (χ1) is 15.2. The molecule has 1 unspecified atom stereocenters. The molecule has 32 heavy (non-hydrogen) atoms. The van der Waals surface area contributed by atoms with Crippen molar-refractivity contribution >= 4 is 35.8 Å². The first kappa shape index (κ1) is 26.4. The van der Waals surface area contributed by atoms with E-state index in [0.29, 0.717) is 12.6 Å². The number of aliphatic imine (C=N–C) groups is 1. The quantitative estimate of drug-likeness (QED) is 0.282. The number of hydrogen-bond acceptors (Lipinski definition) is 4. The van der Waals surface area contributed by atoms with Crippen LogP contribution in [0, 0.1) is 0 Å². The van der Waals surface area contributed by atoms with E-state index in [1.165, 1.54) is 11.1 Å². The number of piperazine rings is 1. The van der Waals surface area contributed by atoms with E-state index < -0.39 is 0 Å². The summed E-state index contributed by atoms with van der Waals surface area (Å²) in [5, 5.41) is 6.93. The molecule has 0 saturated carbocycles. The third-order valence-electron chi connectivity index (χ3n) is 5.81. The SMILES string of the molecule is CCNC(=NCc1ccnc(N2CCN(CC)CC2)c1)NC(C)CCc1ccccc1.I. The molecule has 0 amide bonds. The Hall–Kier alpha value is -1.87. The van der Waals surface area contributed by atoms with Gasteiger partial charge in [-0.15, -0.1) is 24.0 Å². The summed E-state index contributed by atoms with van der Waals surface area (Å²) in [6.45, 7) is 13.5. The Morgan fingerprint density at radius 3 is 2.50 bits per heavy atom. The molecule has 1 atom stereocenters. The maximum Gasteiger partial charge on any atom is 0.191 e. The molecule has 0 aliphatic carbocycles. The molecule has 2 aromatic rings. The number of likely N-dealkylation sites (N-methyl/N-ethyl adjacent to an activating group) is 1. The van der Waals surface area contributed by atoms with Gasteiger partial charge in [0, 0.05) is 45.0 Å². The van der Waals surface area contributed by atoms with E-state index in [-0.39, 0.29) is 24.0 Å². The third-order valence-corrected chi connectivity index (χ3v) is 5.81. The average molecular weight is 551 g/mol. The Kier molecular flexibility index (Phi) is 11.8. The Bertz CT molecular complexity index is 805. The smallest absolute Gasteiger partial charge is 0.191 e. The highest BCUT2D eigenvalue weighted by atomic mass is 127. The average Bonchev–Trinajstić information content (AvgIpc) is 2.82. The summed E-state index contributed by atoms with van der Waals surface area (Å²) < 4.78 is 0. The van der Waals surface area contributed by atoms with E-state index in [0.717, 1.165) is 63.9 Å². The van der Waals surface area contributed by atoms with Crippen LogP contribution in [0.2, 0.25) is 0 Å². The number of anilines is 1. The number of guanidine groups is 1. The Morgan fingerprint density at radius 2 is 1.81 bits per heavy atom. The van der Waals surface area contributed by atoms with Gasteiger partial charge in [0.15, 0.2) is 5.96 Å². The molecule has 1 aliphatic rings. The van der Waals surface area contributed by atoms with Crippen molar-refractivity contribution in [2.45, 2.75) is 46.2 Å². The number of rotatable bonds is 9. The topological polar surface area (TPSA) is 55.8 Å². The van der Waals surface area contributed by atoms with Gasteiger partial charge < -0.3 is 20.4 Å². The minimum absolute atomic E-state index is 0. The summed E-state index contributed by atoms with van der Waals surface area (Å²) in [4.78, 5) is 14.3. The molecule has 1 aromatic carbocycles. The van der Waals surface area contributed by atoms with Gasteiger partial charge in [-0.2, -0.15) is 0 Å². The predicted octanol–water partition coefficient (Wildman–Crippen LogP) is 3.92. The van der Waals surface area contributed by atoms with Crippen molar-refractivity contribution in [1.29, 1.82) is 0 Å². The van der Waals surface area contributed by atoms with Crippen LogP contribution in [0.5, 0.6) is 0 Å². The van der Waals surface area contributed by atoms with Gasteiger partial charge in [0.1, 0.15) is 5.82 Å². The fraction of sp³-hybridized carbons (Fsp3) is 0.520. The summed E-state index contributed by atoms with van der Waals surface area (Å²) in [7, 11) is 0. The fourth-order valence-electron chi connectivity index (χ4n) is 3.85. The van der Waals surface area contributed by atoms with Crippen molar-refractivity contribution in [3.63, 3.8) is 0 Å². The van der Waals surface area contributed by atoms with E-state index in [4.69, 9.17) is 4.99 Å². The van der Waals surface area contributed by atoms with Crippen LogP contribution in [0.4, 0.5) is 5.82 Å². The summed E-state index contributed by atoms with van der Waals surface area (Å²) in [6.07, 6.45) is 4.04. The maximum absolute atomic E-state index is 4.83. The van der Waals surface area contributed by atoms with E-state index >= 15 is 0 Å². The van der Waals surface area contributed by atoms with Crippen molar-refractivity contribution < 1.29 is 0 Å². The molecule has 1 saturated heterocycles. The molecule has 1 fully saturated rings. The standard InChI is InChI=1S/C25H38N6.HI/c1-4-26-25(29-21(3)11-12-22-9-7-6-8-10-22)28-20-23-13-14-27-24(19-23)31-17-15-30(5-2)16-18-31;/h6-10,13-14,19,21H,4-5,11-12,15-18,20H2,1-3H3,(H2,26,28,29);1H. The second kappa shape index (κ2) is 14.3. The molecule has 7 heteroatoms. The number of benzene rings is 1. The van der Waals surface area contributed by atoms with Gasteiger partial charge in [0.05, 0.1) is 6.54 Å². The van der Waals surface area contributed by atoms with Gasteiger partial charge in [-0.05, 0) is 56.5 Å². The lowest BCUT2D eigenvalue weighted by atomic mass is 10.1. The number of hydrogen-bond donors (Lipinski definition) is 2. The van der Waals surface area contributed by atoms with E-state index in [1.54, 1.807) is 0 Å². The van der Waals surface area contributed by atoms with Crippen LogP contribution >= 0.6 is 24.0 Å². The van der Waals surface area contributed by atoms with Crippen molar-refractivity contribution in [1.82, 2.24) is 20.5 Å². The fourth-order valence-corrected chi connectivity index (χ4v) is 3.85. The largest absolute Gasteiger partial charge is 0.357 e. The van der Waals surface area contributed by atoms with Gasteiger partial charge in [-0.25, -0.2) is 9.98 Å². The summed E-state index contributed by atoms with van der Waals surface area (Å²) in [5.41, 5.74) is 2.57. The first-order valence-electron chi connectivity index (χ1n) is 11.7. The lowest BCUT2D eigenvalue weighted by Gasteiger charge is -2.34. The molecule has 2 heterocycles. The number of aromatic nitrogens is 1. The second-order valence-corrected chi connectivity index (χ2v) is 8.21. The number of nitrogens with one attached hydrogen (secondary N) is 2. The number of aryl methyl sites for hydroxylation is 1.